The van der Waals surface area contributed by atoms with Crippen LogP contribution in [0.5, 0.6) is 0 Å². The van der Waals surface area contributed by atoms with Crippen molar-refractivity contribution in [3.8, 4) is 22.5 Å². The van der Waals surface area contributed by atoms with E-state index >= 15 is 0 Å². The predicted octanol–water partition coefficient (Wildman–Crippen LogP) is 6.57. The first kappa shape index (κ1) is 25.8. The first-order valence-electron chi connectivity index (χ1n) is 12.2. The number of amides is 1. The van der Waals surface area contributed by atoms with Gasteiger partial charge in [-0.05, 0) is 73.5 Å². The summed E-state index contributed by atoms with van der Waals surface area (Å²) >= 11 is 0. The summed E-state index contributed by atoms with van der Waals surface area (Å²) in [5, 5.41) is 3.48. The normalized spacial score (nSPS) is 11.8. The predicted molar refractivity (Wildman–Crippen MR) is 140 cm³/mol. The van der Waals surface area contributed by atoms with Crippen LogP contribution in [0, 0.1) is 5.82 Å². The van der Waals surface area contributed by atoms with Gasteiger partial charge in [0.25, 0.3) is 5.91 Å². The number of halogens is 1. The van der Waals surface area contributed by atoms with E-state index in [0.29, 0.717) is 40.0 Å². The molecule has 0 aliphatic carbocycles. The molecule has 1 aromatic heterocycles. The summed E-state index contributed by atoms with van der Waals surface area (Å²) in [5.41, 5.74) is 3.64. The van der Waals surface area contributed by atoms with Crippen molar-refractivity contribution < 1.29 is 27.9 Å². The minimum atomic E-state index is -0.384. The van der Waals surface area contributed by atoms with E-state index in [0.717, 1.165) is 11.1 Å². The van der Waals surface area contributed by atoms with Crippen LogP contribution in [-0.2, 0) is 9.53 Å². The van der Waals surface area contributed by atoms with Crippen molar-refractivity contribution in [2.75, 3.05) is 6.61 Å². The van der Waals surface area contributed by atoms with Crippen LogP contribution >= 0.6 is 0 Å². The van der Waals surface area contributed by atoms with Crippen molar-refractivity contribution >= 4 is 28.6 Å². The Hall–Kier alpha value is -4.26. The van der Waals surface area contributed by atoms with Gasteiger partial charge in [-0.2, -0.15) is 0 Å². The standard InChI is InChI=1S/C30H28FNO5/c1-4-25(33)28-24-17-21(11-14-26(24)37-29(28)19-9-12-23(31)13-10-19)20-7-6-8-22(16-20)30(35)32-18(3)15-27(34)36-5-2/h6-14,16-18H,4-5,15H2,1-3H3,(H,32,35). The largest absolute Gasteiger partial charge is 0.466 e. The zero-order valence-electron chi connectivity index (χ0n) is 21.0. The summed E-state index contributed by atoms with van der Waals surface area (Å²) in [6.07, 6.45) is 0.369. The maximum Gasteiger partial charge on any atom is 0.307 e. The van der Waals surface area contributed by atoms with Crippen molar-refractivity contribution in [2.24, 2.45) is 0 Å². The molecule has 0 radical (unpaired) electrons. The van der Waals surface area contributed by atoms with Crippen LogP contribution in [0.25, 0.3) is 33.4 Å². The lowest BCUT2D eigenvalue weighted by Gasteiger charge is -2.13. The third kappa shape index (κ3) is 5.77. The Labute approximate surface area is 214 Å². The highest BCUT2D eigenvalue weighted by atomic mass is 19.1. The smallest absolute Gasteiger partial charge is 0.307 e. The molecule has 0 bridgehead atoms. The molecular weight excluding hydrogens is 473 g/mol. The van der Waals surface area contributed by atoms with Gasteiger partial charge in [-0.25, -0.2) is 4.39 Å². The minimum absolute atomic E-state index is 0.0843. The van der Waals surface area contributed by atoms with Gasteiger partial charge in [-0.3, -0.25) is 14.4 Å². The summed E-state index contributed by atoms with van der Waals surface area (Å²) in [6, 6.07) is 18.1. The monoisotopic (exact) mass is 501 g/mol. The van der Waals surface area contributed by atoms with Crippen LogP contribution in [-0.4, -0.2) is 30.3 Å². The molecule has 1 unspecified atom stereocenters. The average molecular weight is 502 g/mol. The van der Waals surface area contributed by atoms with Crippen molar-refractivity contribution in [2.45, 2.75) is 39.7 Å². The van der Waals surface area contributed by atoms with E-state index in [-0.39, 0.29) is 42.4 Å². The van der Waals surface area contributed by atoms with Gasteiger partial charge in [0.15, 0.2) is 5.78 Å². The Morgan fingerprint density at radius 3 is 2.35 bits per heavy atom. The fourth-order valence-electron chi connectivity index (χ4n) is 4.20. The maximum atomic E-state index is 13.5. The molecule has 37 heavy (non-hydrogen) atoms. The Bertz CT molecular complexity index is 1450. The third-order valence-corrected chi connectivity index (χ3v) is 6.01. The van der Waals surface area contributed by atoms with E-state index in [1.807, 2.05) is 18.2 Å². The van der Waals surface area contributed by atoms with Gasteiger partial charge in [-0.1, -0.05) is 25.1 Å². The molecule has 7 heteroatoms. The van der Waals surface area contributed by atoms with Gasteiger partial charge in [0.1, 0.15) is 17.2 Å². The molecule has 0 aliphatic rings. The number of hydrogen-bond donors (Lipinski definition) is 1. The van der Waals surface area contributed by atoms with Crippen LogP contribution < -0.4 is 5.32 Å². The number of ketones is 1. The molecule has 0 aliphatic heterocycles. The van der Waals surface area contributed by atoms with Gasteiger partial charge in [0, 0.05) is 29.0 Å². The van der Waals surface area contributed by atoms with Crippen LogP contribution in [0.15, 0.2) is 71.1 Å². The number of fused-ring (bicyclic) bond motifs is 1. The molecule has 1 heterocycles. The molecule has 4 rings (SSSR count). The van der Waals surface area contributed by atoms with Crippen molar-refractivity contribution in [1.29, 1.82) is 0 Å². The Balaban J connectivity index is 1.67. The van der Waals surface area contributed by atoms with E-state index in [1.165, 1.54) is 12.1 Å². The van der Waals surface area contributed by atoms with Crippen molar-refractivity contribution in [3.63, 3.8) is 0 Å². The van der Waals surface area contributed by atoms with Crippen LogP contribution in [0.1, 0.15) is 54.3 Å². The van der Waals surface area contributed by atoms with Gasteiger partial charge >= 0.3 is 5.97 Å². The number of nitrogens with one attached hydrogen (secondary N) is 1. The molecule has 6 nitrogen and oxygen atoms in total. The number of rotatable bonds is 9. The Kier molecular flexibility index (Phi) is 7.82. The van der Waals surface area contributed by atoms with Crippen molar-refractivity contribution in [1.82, 2.24) is 5.32 Å². The number of ether oxygens (including phenoxy) is 1. The van der Waals surface area contributed by atoms with E-state index in [4.69, 9.17) is 9.15 Å². The van der Waals surface area contributed by atoms with Gasteiger partial charge in [0.05, 0.1) is 18.6 Å². The first-order valence-corrected chi connectivity index (χ1v) is 12.2. The molecule has 0 saturated carbocycles. The highest BCUT2D eigenvalue weighted by Gasteiger charge is 2.22. The average Bonchev–Trinajstić information content (AvgIpc) is 3.27. The number of Topliss-reactive ketones (excluding diaryl/α,β-unsaturated/α-hetero) is 1. The zero-order chi connectivity index (χ0) is 26.5. The summed E-state index contributed by atoms with van der Waals surface area (Å²) in [5.74, 6) is -0.718. The molecule has 0 spiro atoms. The zero-order valence-corrected chi connectivity index (χ0v) is 21.0. The second-order valence-electron chi connectivity index (χ2n) is 8.77. The quantitative estimate of drug-likeness (QED) is 0.207. The SMILES string of the molecule is CCOC(=O)CC(C)NC(=O)c1cccc(-c2ccc3oc(-c4ccc(F)cc4)c(C(=O)CC)c3c2)c1. The molecule has 0 fully saturated rings. The molecule has 1 N–H and O–H groups in total. The molecule has 0 saturated heterocycles. The summed E-state index contributed by atoms with van der Waals surface area (Å²) in [6.45, 7) is 5.55. The molecule has 190 valence electrons. The summed E-state index contributed by atoms with van der Waals surface area (Å²) in [4.78, 5) is 37.4. The lowest BCUT2D eigenvalue weighted by Crippen LogP contribution is -2.34. The number of benzene rings is 3. The molecule has 1 amide bonds. The highest BCUT2D eigenvalue weighted by molar-refractivity contribution is 6.12. The second kappa shape index (κ2) is 11.2. The van der Waals surface area contributed by atoms with Crippen molar-refractivity contribution in [3.05, 3.63) is 83.7 Å². The first-order chi connectivity index (χ1) is 17.8. The molecular formula is C30H28FNO5. The molecule has 3 aromatic carbocycles. The van der Waals surface area contributed by atoms with E-state index < -0.39 is 0 Å². The van der Waals surface area contributed by atoms with E-state index in [2.05, 4.69) is 5.32 Å². The number of carbonyl (C=O) groups excluding carboxylic acids is 3. The maximum absolute atomic E-state index is 13.5. The highest BCUT2D eigenvalue weighted by Crippen LogP contribution is 2.37. The summed E-state index contributed by atoms with van der Waals surface area (Å²) in [7, 11) is 0. The van der Waals surface area contributed by atoms with Crippen LogP contribution in [0.3, 0.4) is 0 Å². The van der Waals surface area contributed by atoms with E-state index in [9.17, 15) is 18.8 Å². The number of furan rings is 1. The van der Waals surface area contributed by atoms with Gasteiger partial charge in [-0.15, -0.1) is 0 Å². The summed E-state index contributed by atoms with van der Waals surface area (Å²) < 4.78 is 24.5. The van der Waals surface area contributed by atoms with Gasteiger partial charge in [0.2, 0.25) is 0 Å². The topological polar surface area (TPSA) is 85.6 Å². The fraction of sp³-hybridized carbons (Fsp3) is 0.233. The van der Waals surface area contributed by atoms with Gasteiger partial charge < -0.3 is 14.5 Å². The second-order valence-corrected chi connectivity index (χ2v) is 8.77. The number of esters is 1. The number of hydrogen-bond acceptors (Lipinski definition) is 5. The minimum Gasteiger partial charge on any atom is -0.466 e. The van der Waals surface area contributed by atoms with E-state index in [1.54, 1.807) is 57.2 Å². The molecule has 4 aromatic rings. The Morgan fingerprint density at radius 2 is 1.65 bits per heavy atom. The van der Waals surface area contributed by atoms with Crippen LogP contribution in [0.4, 0.5) is 4.39 Å². The van der Waals surface area contributed by atoms with Crippen LogP contribution in [0.2, 0.25) is 0 Å². The number of carbonyl (C=O) groups is 3. The lowest BCUT2D eigenvalue weighted by atomic mass is 9.97. The lowest BCUT2D eigenvalue weighted by molar-refractivity contribution is -0.143. The molecule has 1 atom stereocenters. The third-order valence-electron chi connectivity index (χ3n) is 6.01. The fourth-order valence-corrected chi connectivity index (χ4v) is 4.20. The Morgan fingerprint density at radius 1 is 0.946 bits per heavy atom.